The minimum absolute atomic E-state index is 0.372. The zero-order valence-electron chi connectivity index (χ0n) is 9.65. The summed E-state index contributed by atoms with van der Waals surface area (Å²) in [6.07, 6.45) is 3.67. The van der Waals surface area contributed by atoms with Crippen molar-refractivity contribution in [3.05, 3.63) is 23.8 Å². The van der Waals surface area contributed by atoms with E-state index in [4.69, 9.17) is 5.11 Å². The standard InChI is InChI=1S/C13H16N2O2/c16-13(17)9-4-5-11-12(7-9)15-6-2-1-3-10(15)8-14-11/h4-5,7,10,14H,1-3,6,8H2,(H,16,17). The predicted molar refractivity (Wildman–Crippen MR) is 66.9 cm³/mol. The molecule has 4 nitrogen and oxygen atoms in total. The van der Waals surface area contributed by atoms with E-state index < -0.39 is 5.97 Å². The van der Waals surface area contributed by atoms with Gasteiger partial charge in [-0.3, -0.25) is 0 Å². The maximum Gasteiger partial charge on any atom is 0.335 e. The van der Waals surface area contributed by atoms with E-state index in [1.54, 1.807) is 12.1 Å². The Balaban J connectivity index is 2.01. The highest BCUT2D eigenvalue weighted by Crippen LogP contribution is 2.35. The van der Waals surface area contributed by atoms with Gasteiger partial charge < -0.3 is 15.3 Å². The quantitative estimate of drug-likeness (QED) is 0.779. The second kappa shape index (κ2) is 3.95. The van der Waals surface area contributed by atoms with Gasteiger partial charge in [-0.2, -0.15) is 0 Å². The fourth-order valence-corrected chi connectivity index (χ4v) is 2.81. The Labute approximate surface area is 100 Å². The van der Waals surface area contributed by atoms with E-state index in [0.29, 0.717) is 11.6 Å². The summed E-state index contributed by atoms with van der Waals surface area (Å²) in [5.41, 5.74) is 2.49. The van der Waals surface area contributed by atoms with Gasteiger partial charge in [0.25, 0.3) is 0 Å². The Morgan fingerprint density at radius 2 is 2.29 bits per heavy atom. The summed E-state index contributed by atoms with van der Waals surface area (Å²) >= 11 is 0. The third-order valence-electron chi connectivity index (χ3n) is 3.71. The van der Waals surface area contributed by atoms with E-state index in [9.17, 15) is 4.79 Å². The number of nitrogens with zero attached hydrogens (tertiary/aromatic N) is 1. The van der Waals surface area contributed by atoms with Crippen molar-refractivity contribution in [2.45, 2.75) is 25.3 Å². The number of rotatable bonds is 1. The van der Waals surface area contributed by atoms with E-state index in [0.717, 1.165) is 24.5 Å². The molecular weight excluding hydrogens is 216 g/mol. The number of benzene rings is 1. The molecule has 0 aromatic heterocycles. The molecule has 2 aliphatic rings. The summed E-state index contributed by atoms with van der Waals surface area (Å²) in [5, 5.41) is 12.4. The largest absolute Gasteiger partial charge is 0.478 e. The van der Waals surface area contributed by atoms with Gasteiger partial charge in [0.2, 0.25) is 0 Å². The van der Waals surface area contributed by atoms with Crippen molar-refractivity contribution in [3.8, 4) is 0 Å². The summed E-state index contributed by atoms with van der Waals surface area (Å²) in [4.78, 5) is 13.4. The Kier molecular flexibility index (Phi) is 2.42. The van der Waals surface area contributed by atoms with Crippen molar-refractivity contribution in [1.29, 1.82) is 0 Å². The van der Waals surface area contributed by atoms with Gasteiger partial charge in [0.05, 0.1) is 16.9 Å². The van der Waals surface area contributed by atoms with Gasteiger partial charge >= 0.3 is 5.97 Å². The molecule has 0 amide bonds. The second-order valence-electron chi connectivity index (χ2n) is 4.76. The molecule has 90 valence electrons. The van der Waals surface area contributed by atoms with Gasteiger partial charge in [-0.25, -0.2) is 4.79 Å². The highest BCUT2D eigenvalue weighted by Gasteiger charge is 2.28. The summed E-state index contributed by atoms with van der Waals surface area (Å²) in [6.45, 7) is 2.02. The second-order valence-corrected chi connectivity index (χ2v) is 4.76. The molecule has 1 aromatic carbocycles. The summed E-state index contributed by atoms with van der Waals surface area (Å²) in [7, 11) is 0. The molecule has 17 heavy (non-hydrogen) atoms. The number of anilines is 2. The molecule has 1 atom stereocenters. The molecule has 2 heterocycles. The topological polar surface area (TPSA) is 52.6 Å². The molecule has 0 bridgehead atoms. The molecule has 3 rings (SSSR count). The highest BCUT2D eigenvalue weighted by atomic mass is 16.4. The van der Waals surface area contributed by atoms with Crippen LogP contribution in [0.4, 0.5) is 11.4 Å². The lowest BCUT2D eigenvalue weighted by atomic mass is 9.97. The Morgan fingerprint density at radius 1 is 1.41 bits per heavy atom. The molecule has 0 radical (unpaired) electrons. The zero-order chi connectivity index (χ0) is 11.8. The van der Waals surface area contributed by atoms with E-state index in [-0.39, 0.29) is 0 Å². The molecule has 2 aliphatic heterocycles. The molecule has 1 fully saturated rings. The van der Waals surface area contributed by atoms with E-state index in [1.165, 1.54) is 19.3 Å². The number of hydrogen-bond acceptors (Lipinski definition) is 3. The van der Waals surface area contributed by atoms with Gasteiger partial charge in [-0.1, -0.05) is 0 Å². The minimum atomic E-state index is -0.855. The predicted octanol–water partition coefficient (Wildman–Crippen LogP) is 2.17. The maximum atomic E-state index is 11.0. The van der Waals surface area contributed by atoms with Crippen molar-refractivity contribution in [1.82, 2.24) is 0 Å². The number of aromatic carboxylic acids is 1. The van der Waals surface area contributed by atoms with E-state index in [1.807, 2.05) is 6.07 Å². The number of carboxylic acids is 1. The smallest absolute Gasteiger partial charge is 0.335 e. The molecule has 1 unspecified atom stereocenters. The first kappa shape index (κ1) is 10.4. The molecule has 4 heteroatoms. The van der Waals surface area contributed by atoms with Crippen LogP contribution in [-0.2, 0) is 0 Å². The summed E-state index contributed by atoms with van der Waals surface area (Å²) in [6, 6.07) is 5.87. The third kappa shape index (κ3) is 1.73. The van der Waals surface area contributed by atoms with Crippen molar-refractivity contribution in [2.24, 2.45) is 0 Å². The van der Waals surface area contributed by atoms with Crippen molar-refractivity contribution >= 4 is 17.3 Å². The number of nitrogens with one attached hydrogen (secondary N) is 1. The number of hydrogen-bond donors (Lipinski definition) is 2. The van der Waals surface area contributed by atoms with E-state index >= 15 is 0 Å². The molecule has 0 spiro atoms. The van der Waals surface area contributed by atoms with Crippen LogP contribution in [0, 0.1) is 0 Å². The van der Waals surface area contributed by atoms with Crippen LogP contribution >= 0.6 is 0 Å². The summed E-state index contributed by atoms with van der Waals surface area (Å²) < 4.78 is 0. The average molecular weight is 232 g/mol. The van der Waals surface area contributed by atoms with Crippen LogP contribution < -0.4 is 10.2 Å². The van der Waals surface area contributed by atoms with Gasteiger partial charge in [0.15, 0.2) is 0 Å². The highest BCUT2D eigenvalue weighted by molar-refractivity contribution is 5.91. The lowest BCUT2D eigenvalue weighted by molar-refractivity contribution is 0.0697. The molecule has 1 aromatic rings. The number of carbonyl (C=O) groups is 1. The van der Waals surface area contributed by atoms with Crippen LogP contribution in [0.5, 0.6) is 0 Å². The summed E-state index contributed by atoms with van der Waals surface area (Å²) in [5.74, 6) is -0.855. The zero-order valence-corrected chi connectivity index (χ0v) is 9.65. The average Bonchev–Trinajstić information content (AvgIpc) is 2.38. The monoisotopic (exact) mass is 232 g/mol. The molecule has 2 N–H and O–H groups in total. The fourth-order valence-electron chi connectivity index (χ4n) is 2.81. The normalized spacial score (nSPS) is 22.4. The van der Waals surface area contributed by atoms with Gasteiger partial charge in [0, 0.05) is 19.1 Å². The van der Waals surface area contributed by atoms with Crippen molar-refractivity contribution in [2.75, 3.05) is 23.3 Å². The van der Waals surface area contributed by atoms with Crippen LogP contribution in [-0.4, -0.2) is 30.2 Å². The molecule has 0 aliphatic carbocycles. The third-order valence-corrected chi connectivity index (χ3v) is 3.71. The van der Waals surface area contributed by atoms with Gasteiger partial charge in [-0.05, 0) is 37.5 Å². The van der Waals surface area contributed by atoms with Crippen LogP contribution in [0.25, 0.3) is 0 Å². The van der Waals surface area contributed by atoms with Crippen LogP contribution in [0.15, 0.2) is 18.2 Å². The van der Waals surface area contributed by atoms with Crippen molar-refractivity contribution < 1.29 is 9.90 Å². The first-order valence-electron chi connectivity index (χ1n) is 6.13. The first-order valence-corrected chi connectivity index (χ1v) is 6.13. The van der Waals surface area contributed by atoms with Crippen molar-refractivity contribution in [3.63, 3.8) is 0 Å². The number of fused-ring (bicyclic) bond motifs is 3. The Bertz CT molecular complexity index is 459. The Hall–Kier alpha value is -1.71. The van der Waals surface area contributed by atoms with E-state index in [2.05, 4.69) is 10.2 Å². The molecule has 0 saturated carbocycles. The maximum absolute atomic E-state index is 11.0. The molecular formula is C13H16N2O2. The van der Waals surface area contributed by atoms with Gasteiger partial charge in [0.1, 0.15) is 0 Å². The minimum Gasteiger partial charge on any atom is -0.478 e. The van der Waals surface area contributed by atoms with Gasteiger partial charge in [-0.15, -0.1) is 0 Å². The van der Waals surface area contributed by atoms with Crippen LogP contribution in [0.2, 0.25) is 0 Å². The number of carboxylic acid groups (broad SMARTS) is 1. The Morgan fingerprint density at radius 3 is 3.12 bits per heavy atom. The number of piperidine rings is 1. The van der Waals surface area contributed by atoms with Crippen LogP contribution in [0.3, 0.4) is 0 Å². The fraction of sp³-hybridized carbons (Fsp3) is 0.462. The lowest BCUT2D eigenvalue weighted by Gasteiger charge is -2.42. The van der Waals surface area contributed by atoms with Crippen LogP contribution in [0.1, 0.15) is 29.6 Å². The first-order chi connectivity index (χ1) is 8.25. The SMILES string of the molecule is O=C(O)c1ccc2c(c1)N1CCCCC1CN2. The lowest BCUT2D eigenvalue weighted by Crippen LogP contribution is -2.47. The molecule has 1 saturated heterocycles.